The highest BCUT2D eigenvalue weighted by molar-refractivity contribution is 7.87. The van der Waals surface area contributed by atoms with Crippen molar-refractivity contribution in [3.05, 3.63) is 23.8 Å². The lowest BCUT2D eigenvalue weighted by Gasteiger charge is -2.37. The number of ketones is 1. The summed E-state index contributed by atoms with van der Waals surface area (Å²) >= 11 is 0. The summed E-state index contributed by atoms with van der Waals surface area (Å²) in [6, 6.07) is 4.80. The van der Waals surface area contributed by atoms with E-state index >= 15 is 0 Å². The molecule has 0 saturated heterocycles. The molecule has 1 atom stereocenters. The maximum absolute atomic E-state index is 12.6. The molecule has 0 fully saturated rings. The molecule has 108 valence electrons. The van der Waals surface area contributed by atoms with E-state index in [0.717, 1.165) is 0 Å². The first-order chi connectivity index (χ1) is 9.30. The fraction of sp³-hybridized carbons (Fsp3) is 0.429. The Balaban J connectivity index is 2.64. The number of anilines is 1. The van der Waals surface area contributed by atoms with Crippen LogP contribution in [0.15, 0.2) is 23.1 Å². The van der Waals surface area contributed by atoms with Gasteiger partial charge in [0.15, 0.2) is 5.78 Å². The Labute approximate surface area is 120 Å². The molecule has 1 aromatic carbocycles. The second-order valence-electron chi connectivity index (χ2n) is 5.20. The largest absolute Gasteiger partial charge is 0.395 e. The second-order valence-corrected chi connectivity index (χ2v) is 7.20. The van der Waals surface area contributed by atoms with E-state index in [1.165, 1.54) is 11.8 Å². The average Bonchev–Trinajstić information content (AvgIpc) is 2.41. The highest BCUT2D eigenvalue weighted by atomic mass is 32.2. The molecule has 1 heterocycles. The zero-order valence-electron chi connectivity index (χ0n) is 11.7. The van der Waals surface area contributed by atoms with Crippen molar-refractivity contribution in [2.24, 2.45) is 0 Å². The van der Waals surface area contributed by atoms with Gasteiger partial charge in [0.25, 0.3) is 0 Å². The fourth-order valence-corrected chi connectivity index (χ4v) is 3.64. The van der Waals surface area contributed by atoms with Crippen LogP contribution in [-0.2, 0) is 15.6 Å². The maximum atomic E-state index is 12.6. The third kappa shape index (κ3) is 2.19. The highest BCUT2D eigenvalue weighted by Gasteiger charge is 2.45. The van der Waals surface area contributed by atoms with Crippen molar-refractivity contribution >= 4 is 28.2 Å². The predicted molar refractivity (Wildman–Crippen MR) is 76.4 cm³/mol. The number of fused-ring (bicyclic) bond motifs is 1. The van der Waals surface area contributed by atoms with Crippen LogP contribution in [0.3, 0.4) is 0 Å². The van der Waals surface area contributed by atoms with Crippen molar-refractivity contribution < 1.29 is 18.9 Å². The van der Waals surface area contributed by atoms with E-state index in [1.807, 2.05) is 0 Å². The van der Waals surface area contributed by atoms with Gasteiger partial charge >= 0.3 is 0 Å². The lowest BCUT2D eigenvalue weighted by atomic mass is 10.1. The zero-order chi connectivity index (χ0) is 15.1. The van der Waals surface area contributed by atoms with Crippen molar-refractivity contribution in [3.8, 4) is 0 Å². The van der Waals surface area contributed by atoms with Gasteiger partial charge in [0, 0.05) is 12.1 Å². The molecular weight excluding hydrogens is 278 g/mol. The molecule has 0 spiro atoms. The minimum atomic E-state index is -1.53. The smallest absolute Gasteiger partial charge is 0.245 e. The van der Waals surface area contributed by atoms with Crippen LogP contribution >= 0.6 is 0 Å². The summed E-state index contributed by atoms with van der Waals surface area (Å²) in [6.45, 7) is 4.63. The minimum absolute atomic E-state index is 0.117. The van der Waals surface area contributed by atoms with Crippen molar-refractivity contribution in [2.75, 3.05) is 18.1 Å². The molecule has 1 amide bonds. The van der Waals surface area contributed by atoms with Gasteiger partial charge in [-0.25, -0.2) is 0 Å². The number of carbonyl (C=O) groups excluding carboxylic acids is 2. The number of β-amino-alcohol motifs (C(OH)–C–C–N with tert-alkyl or cyclic N) is 1. The Morgan fingerprint density at radius 3 is 2.60 bits per heavy atom. The zero-order valence-corrected chi connectivity index (χ0v) is 12.5. The van der Waals surface area contributed by atoms with Crippen LogP contribution < -0.4 is 4.90 Å². The van der Waals surface area contributed by atoms with Gasteiger partial charge in [-0.15, -0.1) is 0 Å². The lowest BCUT2D eigenvalue weighted by Crippen LogP contribution is -2.52. The molecule has 6 heteroatoms. The van der Waals surface area contributed by atoms with Gasteiger partial charge in [0.1, 0.15) is 4.75 Å². The summed E-state index contributed by atoms with van der Waals surface area (Å²) in [6.07, 6.45) is 0. The summed E-state index contributed by atoms with van der Waals surface area (Å²) in [5, 5.41) is 9.12. The van der Waals surface area contributed by atoms with E-state index < -0.39 is 15.5 Å². The Hall–Kier alpha value is -1.53. The summed E-state index contributed by atoms with van der Waals surface area (Å²) < 4.78 is 11.5. The third-order valence-electron chi connectivity index (χ3n) is 3.40. The van der Waals surface area contributed by atoms with Crippen molar-refractivity contribution in [3.63, 3.8) is 0 Å². The highest BCUT2D eigenvalue weighted by Crippen LogP contribution is 2.37. The molecule has 0 aliphatic carbocycles. The van der Waals surface area contributed by atoms with Gasteiger partial charge in [-0.2, -0.15) is 0 Å². The molecule has 20 heavy (non-hydrogen) atoms. The quantitative estimate of drug-likeness (QED) is 0.848. The standard InChI is InChI=1S/C14H17NO4S/c1-9(17)10-4-5-11-12(8-10)20(19)14(2,3)13(18)15(11)6-7-16/h4-5,8,16H,6-7H2,1-3H3. The van der Waals surface area contributed by atoms with Gasteiger partial charge < -0.3 is 10.0 Å². The first kappa shape index (κ1) is 14.9. The number of rotatable bonds is 3. The number of carbonyl (C=O) groups is 2. The molecule has 1 aliphatic heterocycles. The predicted octanol–water partition coefficient (Wildman–Crippen LogP) is 1.11. The van der Waals surface area contributed by atoms with Crippen LogP contribution in [-0.4, -0.2) is 38.9 Å². The summed E-state index contributed by atoms with van der Waals surface area (Å²) in [5.41, 5.74) is 0.970. The maximum Gasteiger partial charge on any atom is 0.245 e. The normalized spacial score (nSPS) is 20.7. The summed E-state index contributed by atoms with van der Waals surface area (Å²) in [5.74, 6) is -0.402. The van der Waals surface area contributed by atoms with E-state index in [9.17, 15) is 13.8 Å². The number of Topliss-reactive ketones (excluding diaryl/α,β-unsaturated/α-hetero) is 1. The topological polar surface area (TPSA) is 74.7 Å². The molecule has 1 N–H and O–H groups in total. The molecule has 1 aliphatic rings. The molecule has 1 aromatic rings. The van der Waals surface area contributed by atoms with Crippen LogP contribution in [0.25, 0.3) is 0 Å². The van der Waals surface area contributed by atoms with Gasteiger partial charge in [-0.3, -0.25) is 13.8 Å². The Morgan fingerprint density at radius 2 is 2.05 bits per heavy atom. The van der Waals surface area contributed by atoms with Crippen LogP contribution in [0.1, 0.15) is 31.1 Å². The van der Waals surface area contributed by atoms with E-state index in [1.54, 1.807) is 32.0 Å². The summed E-state index contributed by atoms with van der Waals surface area (Å²) in [7, 11) is -1.53. The Kier molecular flexibility index (Phi) is 3.80. The molecule has 0 radical (unpaired) electrons. The molecule has 0 bridgehead atoms. The minimum Gasteiger partial charge on any atom is -0.395 e. The fourth-order valence-electron chi connectivity index (χ4n) is 2.22. The molecule has 2 rings (SSSR count). The van der Waals surface area contributed by atoms with E-state index in [-0.39, 0.29) is 24.8 Å². The molecule has 1 unspecified atom stereocenters. The van der Waals surface area contributed by atoms with E-state index in [0.29, 0.717) is 16.1 Å². The van der Waals surface area contributed by atoms with Crippen molar-refractivity contribution in [1.82, 2.24) is 0 Å². The van der Waals surface area contributed by atoms with E-state index in [2.05, 4.69) is 0 Å². The van der Waals surface area contributed by atoms with Gasteiger partial charge in [0.2, 0.25) is 5.91 Å². The number of amides is 1. The third-order valence-corrected chi connectivity index (χ3v) is 5.23. The molecular formula is C14H17NO4S. The SMILES string of the molecule is CC(=O)c1ccc2c(c1)S(=O)C(C)(C)C(=O)N2CCO. The van der Waals surface area contributed by atoms with Crippen molar-refractivity contribution in [2.45, 2.75) is 30.4 Å². The van der Waals surface area contributed by atoms with Gasteiger partial charge in [-0.05, 0) is 39.0 Å². The first-order valence-corrected chi connectivity index (χ1v) is 7.45. The first-order valence-electron chi connectivity index (χ1n) is 6.30. The van der Waals surface area contributed by atoms with E-state index in [4.69, 9.17) is 5.11 Å². The van der Waals surface area contributed by atoms with Gasteiger partial charge in [-0.1, -0.05) is 0 Å². The summed E-state index contributed by atoms with van der Waals surface area (Å²) in [4.78, 5) is 25.7. The Morgan fingerprint density at radius 1 is 1.40 bits per heavy atom. The van der Waals surface area contributed by atoms with Crippen LogP contribution in [0.5, 0.6) is 0 Å². The number of hydrogen-bond acceptors (Lipinski definition) is 4. The van der Waals surface area contributed by atoms with Crippen LogP contribution in [0.2, 0.25) is 0 Å². The number of aliphatic hydroxyl groups is 1. The number of benzene rings is 1. The van der Waals surface area contributed by atoms with Gasteiger partial charge in [0.05, 0.1) is 28.0 Å². The monoisotopic (exact) mass is 295 g/mol. The number of aliphatic hydroxyl groups excluding tert-OH is 1. The van der Waals surface area contributed by atoms with Crippen LogP contribution in [0, 0.1) is 0 Å². The second kappa shape index (κ2) is 5.10. The molecule has 5 nitrogen and oxygen atoms in total. The van der Waals surface area contributed by atoms with Crippen LogP contribution in [0.4, 0.5) is 5.69 Å². The molecule has 0 aromatic heterocycles. The lowest BCUT2D eigenvalue weighted by molar-refractivity contribution is -0.120. The Bertz CT molecular complexity index is 609. The number of nitrogens with zero attached hydrogens (tertiary/aromatic N) is 1. The average molecular weight is 295 g/mol. The van der Waals surface area contributed by atoms with Crippen molar-refractivity contribution in [1.29, 1.82) is 0 Å². The molecule has 0 saturated carbocycles. The number of hydrogen-bond donors (Lipinski definition) is 1.